The highest BCUT2D eigenvalue weighted by atomic mass is 19.3. The summed E-state index contributed by atoms with van der Waals surface area (Å²) in [6.45, 7) is 2.15. The molecule has 2 unspecified atom stereocenters. The second-order valence-corrected chi connectivity index (χ2v) is 3.71. The minimum absolute atomic E-state index is 0.269. The zero-order valence-corrected chi connectivity index (χ0v) is 7.43. The molecule has 0 aromatic heterocycles. The summed E-state index contributed by atoms with van der Waals surface area (Å²) in [5.41, 5.74) is 0. The summed E-state index contributed by atoms with van der Waals surface area (Å²) in [6.07, 6.45) is -0.816. The van der Waals surface area contributed by atoms with Gasteiger partial charge in [-0.3, -0.25) is 0 Å². The summed E-state index contributed by atoms with van der Waals surface area (Å²) in [5.74, 6) is -3.23. The van der Waals surface area contributed by atoms with E-state index in [1.54, 1.807) is 0 Å². The minimum Gasteiger partial charge on any atom is -0.387 e. The molecule has 4 heteroatoms. The predicted octanol–water partition coefficient (Wildman–Crippen LogP) is 0.954. The van der Waals surface area contributed by atoms with Crippen molar-refractivity contribution in [2.45, 2.75) is 25.4 Å². The van der Waals surface area contributed by atoms with Crippen molar-refractivity contribution in [3.63, 3.8) is 0 Å². The monoisotopic (exact) mass is 179 g/mol. The first kappa shape index (κ1) is 9.86. The quantitative estimate of drug-likeness (QED) is 0.682. The van der Waals surface area contributed by atoms with Crippen molar-refractivity contribution in [3.05, 3.63) is 0 Å². The van der Waals surface area contributed by atoms with E-state index in [1.165, 1.54) is 0 Å². The van der Waals surface area contributed by atoms with Gasteiger partial charge in [0.1, 0.15) is 6.10 Å². The smallest absolute Gasteiger partial charge is 0.271 e. The number of aliphatic hydroxyl groups excluding tert-OH is 1. The van der Waals surface area contributed by atoms with Gasteiger partial charge in [-0.1, -0.05) is 0 Å². The van der Waals surface area contributed by atoms with Gasteiger partial charge in [-0.15, -0.1) is 0 Å². The first-order chi connectivity index (χ1) is 5.41. The topological polar surface area (TPSA) is 23.5 Å². The Bertz CT molecular complexity index is 158. The largest absolute Gasteiger partial charge is 0.387 e. The van der Waals surface area contributed by atoms with Crippen molar-refractivity contribution in [1.82, 2.24) is 4.90 Å². The van der Waals surface area contributed by atoms with Gasteiger partial charge in [-0.25, -0.2) is 8.78 Å². The van der Waals surface area contributed by atoms with Crippen molar-refractivity contribution < 1.29 is 13.9 Å². The Morgan fingerprint density at radius 2 is 2.17 bits per heavy atom. The van der Waals surface area contributed by atoms with Crippen molar-refractivity contribution in [2.75, 3.05) is 20.1 Å². The molecule has 1 fully saturated rings. The van der Waals surface area contributed by atoms with Crippen LogP contribution in [0.15, 0.2) is 0 Å². The lowest BCUT2D eigenvalue weighted by Gasteiger charge is -2.23. The molecule has 0 spiro atoms. The molecule has 12 heavy (non-hydrogen) atoms. The fraction of sp³-hybridized carbons (Fsp3) is 1.00. The molecule has 1 aliphatic rings. The normalized spacial score (nSPS) is 29.2. The molecule has 0 aromatic rings. The molecule has 2 nitrogen and oxygen atoms in total. The Hall–Kier alpha value is -0.220. The van der Waals surface area contributed by atoms with Gasteiger partial charge in [-0.05, 0) is 20.0 Å². The van der Waals surface area contributed by atoms with Crippen LogP contribution in [0.1, 0.15) is 13.3 Å². The standard InChI is InChI=1S/C8H15F2NO/c1-8(9,10)7(12)6-3-4-11(2)5-6/h6-7,12H,3-5H2,1-2H3. The van der Waals surface area contributed by atoms with Crippen molar-refractivity contribution in [3.8, 4) is 0 Å². The third-order valence-electron chi connectivity index (χ3n) is 2.39. The summed E-state index contributed by atoms with van der Waals surface area (Å²) in [7, 11) is 1.88. The predicted molar refractivity (Wildman–Crippen MR) is 42.2 cm³/mol. The Morgan fingerprint density at radius 1 is 1.58 bits per heavy atom. The summed E-state index contributed by atoms with van der Waals surface area (Å²) in [4.78, 5) is 1.96. The van der Waals surface area contributed by atoms with Gasteiger partial charge in [0, 0.05) is 19.4 Å². The fourth-order valence-electron chi connectivity index (χ4n) is 1.64. The number of likely N-dealkylation sites (tertiary alicyclic amines) is 1. The third-order valence-corrected chi connectivity index (χ3v) is 2.39. The highest BCUT2D eigenvalue weighted by Crippen LogP contribution is 2.28. The maximum atomic E-state index is 12.6. The Labute approximate surface area is 71.2 Å². The van der Waals surface area contributed by atoms with Crippen molar-refractivity contribution in [2.24, 2.45) is 5.92 Å². The highest BCUT2D eigenvalue weighted by molar-refractivity contribution is 4.85. The Balaban J connectivity index is 2.48. The number of hydrogen-bond donors (Lipinski definition) is 1. The fourth-order valence-corrected chi connectivity index (χ4v) is 1.64. The summed E-state index contributed by atoms with van der Waals surface area (Å²) in [6, 6.07) is 0. The van der Waals surface area contributed by atoms with Crippen LogP contribution in [0.2, 0.25) is 0 Å². The molecule has 72 valence electrons. The minimum atomic E-state index is -2.96. The van der Waals surface area contributed by atoms with Crippen LogP contribution >= 0.6 is 0 Å². The van der Waals surface area contributed by atoms with Crippen LogP contribution in [0, 0.1) is 5.92 Å². The van der Waals surface area contributed by atoms with E-state index in [9.17, 15) is 13.9 Å². The lowest BCUT2D eigenvalue weighted by molar-refractivity contribution is -0.115. The average molecular weight is 179 g/mol. The van der Waals surface area contributed by atoms with Gasteiger partial charge in [0.15, 0.2) is 0 Å². The van der Waals surface area contributed by atoms with Crippen LogP contribution in [-0.4, -0.2) is 42.2 Å². The zero-order chi connectivity index (χ0) is 9.35. The summed E-state index contributed by atoms with van der Waals surface area (Å²) in [5, 5.41) is 9.23. The van der Waals surface area contributed by atoms with E-state index >= 15 is 0 Å². The van der Waals surface area contributed by atoms with Gasteiger partial charge in [0.05, 0.1) is 0 Å². The molecule has 0 saturated carbocycles. The van der Waals surface area contributed by atoms with E-state index in [1.807, 2.05) is 11.9 Å². The van der Waals surface area contributed by atoms with E-state index in [-0.39, 0.29) is 5.92 Å². The van der Waals surface area contributed by atoms with Crippen LogP contribution in [0.4, 0.5) is 8.78 Å². The molecule has 0 aliphatic carbocycles. The van der Waals surface area contributed by atoms with Gasteiger partial charge in [0.2, 0.25) is 0 Å². The number of alkyl halides is 2. The van der Waals surface area contributed by atoms with Crippen LogP contribution in [0.5, 0.6) is 0 Å². The van der Waals surface area contributed by atoms with Crippen LogP contribution in [0.3, 0.4) is 0 Å². The van der Waals surface area contributed by atoms with E-state index in [2.05, 4.69) is 0 Å². The second kappa shape index (κ2) is 3.26. The number of hydrogen-bond acceptors (Lipinski definition) is 2. The van der Waals surface area contributed by atoms with Crippen molar-refractivity contribution in [1.29, 1.82) is 0 Å². The van der Waals surface area contributed by atoms with E-state index in [0.717, 1.165) is 13.5 Å². The molecular formula is C8H15F2NO. The maximum Gasteiger partial charge on any atom is 0.271 e. The first-order valence-corrected chi connectivity index (χ1v) is 4.15. The van der Waals surface area contributed by atoms with E-state index in [4.69, 9.17) is 0 Å². The van der Waals surface area contributed by atoms with Crippen LogP contribution in [-0.2, 0) is 0 Å². The van der Waals surface area contributed by atoms with Gasteiger partial charge < -0.3 is 10.0 Å². The molecule has 1 rings (SSSR count). The molecule has 0 radical (unpaired) electrons. The van der Waals surface area contributed by atoms with Crippen LogP contribution in [0.25, 0.3) is 0 Å². The zero-order valence-electron chi connectivity index (χ0n) is 7.43. The SMILES string of the molecule is CN1CCC(C(O)C(C)(F)F)C1. The van der Waals surface area contributed by atoms with Crippen molar-refractivity contribution >= 4 is 0 Å². The molecule has 1 saturated heterocycles. The molecule has 0 bridgehead atoms. The Kier molecular flexibility index (Phi) is 2.68. The molecule has 0 amide bonds. The first-order valence-electron chi connectivity index (χ1n) is 4.15. The average Bonchev–Trinajstić information content (AvgIpc) is 2.32. The number of rotatable bonds is 2. The van der Waals surface area contributed by atoms with E-state index in [0.29, 0.717) is 13.0 Å². The van der Waals surface area contributed by atoms with Crippen LogP contribution < -0.4 is 0 Å². The van der Waals surface area contributed by atoms with Gasteiger partial charge in [-0.2, -0.15) is 0 Å². The number of halogens is 2. The maximum absolute atomic E-state index is 12.6. The second-order valence-electron chi connectivity index (χ2n) is 3.71. The van der Waals surface area contributed by atoms with Gasteiger partial charge >= 0.3 is 0 Å². The molecule has 2 atom stereocenters. The number of nitrogens with zero attached hydrogens (tertiary/aromatic N) is 1. The lowest BCUT2D eigenvalue weighted by atomic mass is 9.97. The summed E-state index contributed by atoms with van der Waals surface area (Å²) >= 11 is 0. The van der Waals surface area contributed by atoms with Gasteiger partial charge in [0.25, 0.3) is 5.92 Å². The molecule has 1 N–H and O–H groups in total. The van der Waals surface area contributed by atoms with E-state index < -0.39 is 12.0 Å². The third kappa shape index (κ3) is 2.14. The lowest BCUT2D eigenvalue weighted by Crippen LogP contribution is -2.38. The summed E-state index contributed by atoms with van der Waals surface area (Å²) < 4.78 is 25.3. The molecule has 0 aromatic carbocycles. The highest BCUT2D eigenvalue weighted by Gasteiger charge is 2.40. The molecular weight excluding hydrogens is 164 g/mol. The molecule has 1 aliphatic heterocycles. The number of aliphatic hydroxyl groups is 1. The Morgan fingerprint density at radius 3 is 2.50 bits per heavy atom. The molecule has 1 heterocycles.